The highest BCUT2D eigenvalue weighted by Crippen LogP contribution is 2.39. The number of ether oxygens (including phenoxy) is 1. The van der Waals surface area contributed by atoms with Gasteiger partial charge in [-0.2, -0.15) is 0 Å². The number of fused-ring (bicyclic) bond motifs is 3. The van der Waals surface area contributed by atoms with Crippen LogP contribution in [0.15, 0.2) is 24.3 Å². The summed E-state index contributed by atoms with van der Waals surface area (Å²) in [4.78, 5) is 13.3. The molecule has 2 aliphatic heterocycles. The molecule has 1 aromatic rings. The van der Waals surface area contributed by atoms with Crippen LogP contribution in [-0.4, -0.2) is 30.3 Å². The van der Waals surface area contributed by atoms with Gasteiger partial charge >= 0.3 is 5.97 Å². The lowest BCUT2D eigenvalue weighted by Crippen LogP contribution is -2.43. The molecule has 1 aromatic carbocycles. The van der Waals surface area contributed by atoms with Crippen LogP contribution in [0.3, 0.4) is 0 Å². The molecule has 0 bridgehead atoms. The van der Waals surface area contributed by atoms with Crippen molar-refractivity contribution in [3.8, 4) is 5.75 Å². The second-order valence-corrected chi connectivity index (χ2v) is 4.27. The largest absolute Gasteiger partial charge is 0.489 e. The van der Waals surface area contributed by atoms with E-state index >= 15 is 0 Å². The average Bonchev–Trinajstić information content (AvgIpc) is 2.73. The van der Waals surface area contributed by atoms with Crippen LogP contribution in [0, 0.1) is 5.92 Å². The third-order valence-corrected chi connectivity index (χ3v) is 3.45. The van der Waals surface area contributed by atoms with E-state index in [0.29, 0.717) is 13.0 Å². The number of rotatable bonds is 1. The van der Waals surface area contributed by atoms with Gasteiger partial charge in [-0.05, 0) is 18.6 Å². The highest BCUT2D eigenvalue weighted by molar-refractivity contribution is 5.74. The molecule has 0 saturated carbocycles. The lowest BCUT2D eigenvalue weighted by atomic mass is 10.0. The van der Waals surface area contributed by atoms with Gasteiger partial charge in [-0.15, -0.1) is 0 Å². The van der Waals surface area contributed by atoms with E-state index in [9.17, 15) is 4.79 Å². The second-order valence-electron chi connectivity index (χ2n) is 4.27. The van der Waals surface area contributed by atoms with Crippen LogP contribution in [0.2, 0.25) is 0 Å². The van der Waals surface area contributed by atoms with Crippen molar-refractivity contribution in [2.45, 2.75) is 12.5 Å². The van der Waals surface area contributed by atoms with E-state index in [1.807, 2.05) is 24.3 Å². The van der Waals surface area contributed by atoms with Gasteiger partial charge in [-0.3, -0.25) is 4.79 Å². The number of benzene rings is 1. The van der Waals surface area contributed by atoms with Gasteiger partial charge in [0.25, 0.3) is 0 Å². The molecule has 0 radical (unpaired) electrons. The van der Waals surface area contributed by atoms with Crippen molar-refractivity contribution < 1.29 is 14.6 Å². The monoisotopic (exact) mass is 219 g/mol. The van der Waals surface area contributed by atoms with Gasteiger partial charge < -0.3 is 14.7 Å². The van der Waals surface area contributed by atoms with E-state index in [1.54, 1.807) is 0 Å². The van der Waals surface area contributed by atoms with Gasteiger partial charge in [0.05, 0.1) is 17.6 Å². The number of nitrogens with zero attached hydrogens (tertiary/aromatic N) is 1. The summed E-state index contributed by atoms with van der Waals surface area (Å²) in [6, 6.07) is 7.81. The van der Waals surface area contributed by atoms with Crippen molar-refractivity contribution in [1.82, 2.24) is 0 Å². The minimum absolute atomic E-state index is 0.00704. The molecule has 0 amide bonds. The second kappa shape index (κ2) is 3.40. The number of carbonyl (C=O) groups is 1. The number of anilines is 1. The van der Waals surface area contributed by atoms with Gasteiger partial charge in [-0.1, -0.05) is 12.1 Å². The standard InChI is InChI=1S/C12H13NO3/c14-12(15)8-5-6-13-9-3-1-2-4-11(9)16-7-10(8)13/h1-4,8,10H,5-7H2,(H,14,15). The Bertz CT molecular complexity index is 432. The quantitative estimate of drug-likeness (QED) is 0.774. The molecular weight excluding hydrogens is 206 g/mol. The Kier molecular flexibility index (Phi) is 2.02. The van der Waals surface area contributed by atoms with Crippen LogP contribution >= 0.6 is 0 Å². The van der Waals surface area contributed by atoms with Gasteiger partial charge in [-0.25, -0.2) is 0 Å². The zero-order valence-corrected chi connectivity index (χ0v) is 8.80. The van der Waals surface area contributed by atoms with Crippen LogP contribution in [0.4, 0.5) is 5.69 Å². The molecule has 16 heavy (non-hydrogen) atoms. The molecule has 4 nitrogen and oxygen atoms in total. The zero-order chi connectivity index (χ0) is 11.1. The molecular formula is C12H13NO3. The lowest BCUT2D eigenvalue weighted by molar-refractivity contribution is -0.142. The maximum Gasteiger partial charge on any atom is 0.308 e. The van der Waals surface area contributed by atoms with Crippen molar-refractivity contribution in [3.05, 3.63) is 24.3 Å². The van der Waals surface area contributed by atoms with E-state index in [-0.39, 0.29) is 12.0 Å². The maximum atomic E-state index is 11.1. The first-order chi connectivity index (χ1) is 7.77. The summed E-state index contributed by atoms with van der Waals surface area (Å²) in [6.07, 6.45) is 0.706. The molecule has 2 heterocycles. The summed E-state index contributed by atoms with van der Waals surface area (Å²) in [5.74, 6) is -0.145. The fraction of sp³-hybridized carbons (Fsp3) is 0.417. The van der Waals surface area contributed by atoms with Crippen molar-refractivity contribution >= 4 is 11.7 Å². The van der Waals surface area contributed by atoms with Crippen LogP contribution in [-0.2, 0) is 4.79 Å². The topological polar surface area (TPSA) is 49.8 Å². The van der Waals surface area contributed by atoms with Crippen molar-refractivity contribution in [2.75, 3.05) is 18.1 Å². The normalized spacial score (nSPS) is 26.9. The first-order valence-corrected chi connectivity index (χ1v) is 5.48. The van der Waals surface area contributed by atoms with Gasteiger partial charge in [0.15, 0.2) is 0 Å². The summed E-state index contributed by atoms with van der Waals surface area (Å²) >= 11 is 0. The van der Waals surface area contributed by atoms with Gasteiger partial charge in [0, 0.05) is 6.54 Å². The Morgan fingerprint density at radius 3 is 3.06 bits per heavy atom. The third-order valence-electron chi connectivity index (χ3n) is 3.45. The predicted octanol–water partition coefficient (Wildman–Crippen LogP) is 1.36. The first-order valence-electron chi connectivity index (χ1n) is 5.48. The van der Waals surface area contributed by atoms with E-state index in [1.165, 1.54) is 0 Å². The van der Waals surface area contributed by atoms with Crippen molar-refractivity contribution in [1.29, 1.82) is 0 Å². The summed E-state index contributed by atoms with van der Waals surface area (Å²) < 4.78 is 5.61. The Morgan fingerprint density at radius 1 is 1.44 bits per heavy atom. The molecule has 2 unspecified atom stereocenters. The van der Waals surface area contributed by atoms with Crippen molar-refractivity contribution in [2.24, 2.45) is 5.92 Å². The number of hydrogen-bond donors (Lipinski definition) is 1. The summed E-state index contributed by atoms with van der Waals surface area (Å²) in [5, 5.41) is 9.12. The zero-order valence-electron chi connectivity index (χ0n) is 8.80. The number of carboxylic acids is 1. The number of hydrogen-bond acceptors (Lipinski definition) is 3. The van der Waals surface area contributed by atoms with Crippen LogP contribution < -0.4 is 9.64 Å². The molecule has 4 heteroatoms. The number of para-hydroxylation sites is 2. The molecule has 1 saturated heterocycles. The molecule has 2 atom stereocenters. The molecule has 1 fully saturated rings. The minimum atomic E-state index is -0.713. The highest BCUT2D eigenvalue weighted by atomic mass is 16.5. The Labute approximate surface area is 93.4 Å². The molecule has 2 aliphatic rings. The van der Waals surface area contributed by atoms with Gasteiger partial charge in [0.2, 0.25) is 0 Å². The van der Waals surface area contributed by atoms with Crippen LogP contribution in [0.1, 0.15) is 6.42 Å². The molecule has 0 aliphatic carbocycles. The lowest BCUT2D eigenvalue weighted by Gasteiger charge is -2.34. The Morgan fingerprint density at radius 2 is 2.25 bits per heavy atom. The molecule has 3 rings (SSSR count). The molecule has 0 aromatic heterocycles. The van der Waals surface area contributed by atoms with E-state index in [0.717, 1.165) is 18.0 Å². The number of aliphatic carboxylic acids is 1. The smallest absolute Gasteiger partial charge is 0.308 e. The summed E-state index contributed by atoms with van der Waals surface area (Å²) in [7, 11) is 0. The molecule has 1 N–H and O–H groups in total. The van der Waals surface area contributed by atoms with Gasteiger partial charge in [0.1, 0.15) is 12.4 Å². The fourth-order valence-electron chi connectivity index (χ4n) is 2.64. The van der Waals surface area contributed by atoms with Crippen LogP contribution in [0.25, 0.3) is 0 Å². The average molecular weight is 219 g/mol. The van der Waals surface area contributed by atoms with E-state index in [4.69, 9.17) is 9.84 Å². The van der Waals surface area contributed by atoms with Crippen molar-refractivity contribution in [3.63, 3.8) is 0 Å². The summed E-state index contributed by atoms with van der Waals surface area (Å²) in [5.41, 5.74) is 1.03. The summed E-state index contributed by atoms with van der Waals surface area (Å²) in [6.45, 7) is 1.29. The number of carboxylic acid groups (broad SMARTS) is 1. The SMILES string of the molecule is O=C(O)C1CCN2c3ccccc3OCC12. The fourth-order valence-corrected chi connectivity index (χ4v) is 2.64. The van der Waals surface area contributed by atoms with E-state index < -0.39 is 5.97 Å². The highest BCUT2D eigenvalue weighted by Gasteiger charge is 2.42. The third kappa shape index (κ3) is 1.26. The molecule has 0 spiro atoms. The minimum Gasteiger partial charge on any atom is -0.489 e. The predicted molar refractivity (Wildman–Crippen MR) is 58.8 cm³/mol. The Balaban J connectivity index is 1.96. The van der Waals surface area contributed by atoms with Crippen LogP contribution in [0.5, 0.6) is 5.75 Å². The van der Waals surface area contributed by atoms with E-state index in [2.05, 4.69) is 4.90 Å². The first kappa shape index (κ1) is 9.51. The Hall–Kier alpha value is -1.71. The maximum absolute atomic E-state index is 11.1. The molecule has 84 valence electrons.